The van der Waals surface area contributed by atoms with Crippen molar-refractivity contribution in [1.29, 1.82) is 0 Å². The van der Waals surface area contributed by atoms with Crippen molar-refractivity contribution in [2.24, 2.45) is 10.8 Å². The first-order chi connectivity index (χ1) is 8.36. The van der Waals surface area contributed by atoms with E-state index in [1.165, 1.54) is 0 Å². The topological polar surface area (TPSA) is 71.7 Å². The molecular formula is C12H20N4O. The Bertz CT molecular complexity index is 327. The van der Waals surface area contributed by atoms with Crippen molar-refractivity contribution in [2.45, 2.75) is 13.3 Å². The average molecular weight is 236 g/mol. The summed E-state index contributed by atoms with van der Waals surface area (Å²) in [5.41, 5.74) is 2.51. The molecule has 1 aromatic rings. The Morgan fingerprint density at radius 2 is 2.12 bits per heavy atom. The number of aliphatic imine (C=N–C) groups is 1. The SMILES string of the molecule is CCNC(=NCCCOc1ccccc1)NN. The standard InChI is InChI=1S/C12H20N4O/c1-2-14-12(16-13)15-9-6-10-17-11-7-4-3-5-8-11/h3-5,7-8H,2,6,9-10,13H2,1H3,(H2,14,15,16). The van der Waals surface area contributed by atoms with E-state index >= 15 is 0 Å². The van der Waals surface area contributed by atoms with Gasteiger partial charge in [-0.05, 0) is 19.1 Å². The molecule has 0 heterocycles. The largest absolute Gasteiger partial charge is 0.494 e. The lowest BCUT2D eigenvalue weighted by molar-refractivity contribution is 0.313. The zero-order chi connectivity index (χ0) is 12.3. The highest BCUT2D eigenvalue weighted by Crippen LogP contribution is 2.08. The highest BCUT2D eigenvalue weighted by atomic mass is 16.5. The number of ether oxygens (including phenoxy) is 1. The van der Waals surface area contributed by atoms with Crippen LogP contribution in [0.1, 0.15) is 13.3 Å². The molecule has 0 radical (unpaired) electrons. The van der Waals surface area contributed by atoms with Crippen molar-refractivity contribution in [3.05, 3.63) is 30.3 Å². The van der Waals surface area contributed by atoms with Gasteiger partial charge in [0.1, 0.15) is 5.75 Å². The van der Waals surface area contributed by atoms with Crippen LogP contribution in [0.25, 0.3) is 0 Å². The Morgan fingerprint density at radius 1 is 1.35 bits per heavy atom. The molecule has 0 saturated carbocycles. The molecule has 0 amide bonds. The van der Waals surface area contributed by atoms with Crippen molar-refractivity contribution in [3.63, 3.8) is 0 Å². The van der Waals surface area contributed by atoms with Crippen LogP contribution in [-0.2, 0) is 0 Å². The van der Waals surface area contributed by atoms with Gasteiger partial charge in [-0.15, -0.1) is 0 Å². The Hall–Kier alpha value is -1.75. The van der Waals surface area contributed by atoms with Gasteiger partial charge in [-0.25, -0.2) is 5.84 Å². The van der Waals surface area contributed by atoms with Gasteiger partial charge in [0, 0.05) is 19.5 Å². The second kappa shape index (κ2) is 8.41. The summed E-state index contributed by atoms with van der Waals surface area (Å²) in [6.45, 7) is 4.12. The number of hydrogen-bond donors (Lipinski definition) is 3. The number of para-hydroxylation sites is 1. The highest BCUT2D eigenvalue weighted by Gasteiger charge is 1.93. The molecule has 0 saturated heterocycles. The molecule has 94 valence electrons. The summed E-state index contributed by atoms with van der Waals surface area (Å²) in [7, 11) is 0. The number of hydrazine groups is 1. The lowest BCUT2D eigenvalue weighted by atomic mass is 10.3. The van der Waals surface area contributed by atoms with E-state index in [1.807, 2.05) is 37.3 Å². The Kier molecular flexibility index (Phi) is 6.59. The quantitative estimate of drug-likeness (QED) is 0.225. The first-order valence-electron chi connectivity index (χ1n) is 5.79. The van der Waals surface area contributed by atoms with Gasteiger partial charge in [-0.1, -0.05) is 18.2 Å². The van der Waals surface area contributed by atoms with Crippen LogP contribution >= 0.6 is 0 Å². The van der Waals surface area contributed by atoms with Gasteiger partial charge in [-0.3, -0.25) is 10.4 Å². The van der Waals surface area contributed by atoms with Gasteiger partial charge >= 0.3 is 0 Å². The Labute approximate surface area is 102 Å². The zero-order valence-corrected chi connectivity index (χ0v) is 10.1. The van der Waals surface area contributed by atoms with Gasteiger partial charge < -0.3 is 10.1 Å². The van der Waals surface area contributed by atoms with Crippen LogP contribution in [0.4, 0.5) is 0 Å². The molecule has 1 aromatic carbocycles. The normalized spacial score (nSPS) is 11.1. The van der Waals surface area contributed by atoms with Crippen LogP contribution < -0.4 is 21.3 Å². The van der Waals surface area contributed by atoms with Gasteiger partial charge in [-0.2, -0.15) is 0 Å². The maximum absolute atomic E-state index is 5.54. The molecular weight excluding hydrogens is 216 g/mol. The van der Waals surface area contributed by atoms with E-state index in [9.17, 15) is 0 Å². The fraction of sp³-hybridized carbons (Fsp3) is 0.417. The summed E-state index contributed by atoms with van der Waals surface area (Å²) in [4.78, 5) is 4.25. The molecule has 5 nitrogen and oxygen atoms in total. The summed E-state index contributed by atoms with van der Waals surface area (Å²) >= 11 is 0. The van der Waals surface area contributed by atoms with E-state index < -0.39 is 0 Å². The number of hydrogen-bond acceptors (Lipinski definition) is 3. The lowest BCUT2D eigenvalue weighted by Crippen LogP contribution is -2.41. The molecule has 4 N–H and O–H groups in total. The molecule has 0 fully saturated rings. The van der Waals surface area contributed by atoms with E-state index in [0.717, 1.165) is 18.7 Å². The summed E-state index contributed by atoms with van der Waals surface area (Å²) in [5.74, 6) is 6.80. The minimum absolute atomic E-state index is 0.618. The molecule has 0 aliphatic heterocycles. The fourth-order valence-corrected chi connectivity index (χ4v) is 1.28. The summed E-state index contributed by atoms with van der Waals surface area (Å²) < 4.78 is 5.54. The third-order valence-corrected chi connectivity index (χ3v) is 2.07. The first kappa shape index (κ1) is 13.3. The van der Waals surface area contributed by atoms with Crippen LogP contribution in [0, 0.1) is 0 Å². The number of nitrogens with two attached hydrogens (primary N) is 1. The Morgan fingerprint density at radius 3 is 2.76 bits per heavy atom. The van der Waals surface area contributed by atoms with Gasteiger partial charge in [0.15, 0.2) is 0 Å². The zero-order valence-electron chi connectivity index (χ0n) is 10.1. The molecule has 1 rings (SSSR count). The smallest absolute Gasteiger partial charge is 0.205 e. The van der Waals surface area contributed by atoms with Crippen LogP contribution in [-0.4, -0.2) is 25.7 Å². The van der Waals surface area contributed by atoms with Crippen molar-refractivity contribution < 1.29 is 4.74 Å². The number of nitrogens with one attached hydrogen (secondary N) is 2. The molecule has 5 heteroatoms. The number of rotatable bonds is 6. The second-order valence-corrected chi connectivity index (χ2v) is 3.42. The van der Waals surface area contributed by atoms with E-state index in [-0.39, 0.29) is 0 Å². The molecule has 0 aromatic heterocycles. The van der Waals surface area contributed by atoms with E-state index in [0.29, 0.717) is 19.1 Å². The monoisotopic (exact) mass is 236 g/mol. The molecule has 0 spiro atoms. The Balaban J connectivity index is 2.16. The summed E-state index contributed by atoms with van der Waals surface area (Å²) in [6, 6.07) is 9.75. The van der Waals surface area contributed by atoms with Crippen molar-refractivity contribution >= 4 is 5.96 Å². The minimum atomic E-state index is 0.618. The van der Waals surface area contributed by atoms with Gasteiger partial charge in [0.25, 0.3) is 0 Å². The molecule has 0 bridgehead atoms. The predicted molar refractivity (Wildman–Crippen MR) is 69.9 cm³/mol. The van der Waals surface area contributed by atoms with Crippen molar-refractivity contribution in [1.82, 2.24) is 10.7 Å². The summed E-state index contributed by atoms with van der Waals surface area (Å²) in [5, 5.41) is 3.01. The summed E-state index contributed by atoms with van der Waals surface area (Å²) in [6.07, 6.45) is 0.853. The number of benzene rings is 1. The van der Waals surface area contributed by atoms with Crippen molar-refractivity contribution in [3.8, 4) is 5.75 Å². The average Bonchev–Trinajstić information content (AvgIpc) is 2.38. The first-order valence-corrected chi connectivity index (χ1v) is 5.79. The van der Waals surface area contributed by atoms with Crippen LogP contribution in [0.5, 0.6) is 5.75 Å². The third-order valence-electron chi connectivity index (χ3n) is 2.07. The number of nitrogens with zero attached hydrogens (tertiary/aromatic N) is 1. The maximum atomic E-state index is 5.54. The fourth-order valence-electron chi connectivity index (χ4n) is 1.28. The molecule has 0 aliphatic carbocycles. The maximum Gasteiger partial charge on any atom is 0.205 e. The lowest BCUT2D eigenvalue weighted by Gasteiger charge is -2.07. The second-order valence-electron chi connectivity index (χ2n) is 3.42. The van der Waals surface area contributed by atoms with Gasteiger partial charge in [0.05, 0.1) is 6.61 Å². The third kappa shape index (κ3) is 5.77. The van der Waals surface area contributed by atoms with Gasteiger partial charge in [0.2, 0.25) is 5.96 Å². The van der Waals surface area contributed by atoms with Crippen molar-refractivity contribution in [2.75, 3.05) is 19.7 Å². The van der Waals surface area contributed by atoms with Crippen LogP contribution in [0.2, 0.25) is 0 Å². The van der Waals surface area contributed by atoms with Crippen LogP contribution in [0.15, 0.2) is 35.3 Å². The molecule has 0 atom stereocenters. The van der Waals surface area contributed by atoms with E-state index in [1.54, 1.807) is 0 Å². The molecule has 0 aliphatic rings. The molecule has 0 unspecified atom stereocenters. The number of guanidine groups is 1. The van der Waals surface area contributed by atoms with Crippen LogP contribution in [0.3, 0.4) is 0 Å². The van der Waals surface area contributed by atoms with E-state index in [2.05, 4.69) is 15.7 Å². The predicted octanol–water partition coefficient (Wildman–Crippen LogP) is 0.884. The van der Waals surface area contributed by atoms with E-state index in [4.69, 9.17) is 10.6 Å². The minimum Gasteiger partial charge on any atom is -0.494 e. The highest BCUT2D eigenvalue weighted by molar-refractivity contribution is 5.78. The molecule has 17 heavy (non-hydrogen) atoms.